The zero-order valence-electron chi connectivity index (χ0n) is 9.39. The van der Waals surface area contributed by atoms with E-state index >= 15 is 0 Å². The van der Waals surface area contributed by atoms with Crippen LogP contribution < -0.4 is 11.1 Å². The Morgan fingerprint density at radius 2 is 2.29 bits per heavy atom. The average Bonchev–Trinajstić information content (AvgIpc) is 3.19. The highest BCUT2D eigenvalue weighted by molar-refractivity contribution is 5.97. The summed E-state index contributed by atoms with van der Waals surface area (Å²) in [5, 5.41) is 14.4. The summed E-state index contributed by atoms with van der Waals surface area (Å²) in [5.41, 5.74) is 7.07. The Bertz CT molecular complexity index is 453. The van der Waals surface area contributed by atoms with Crippen LogP contribution in [-0.2, 0) is 11.3 Å². The molecule has 0 aromatic heterocycles. The van der Waals surface area contributed by atoms with Gasteiger partial charge < -0.3 is 16.3 Å². The number of benzene rings is 1. The summed E-state index contributed by atoms with van der Waals surface area (Å²) in [7, 11) is 0. The van der Waals surface area contributed by atoms with Crippen molar-refractivity contribution in [1.29, 1.82) is 0 Å². The van der Waals surface area contributed by atoms with Gasteiger partial charge >= 0.3 is 0 Å². The molecule has 0 bridgehead atoms. The second-order valence-corrected chi connectivity index (χ2v) is 4.18. The number of carbonyl (C=O) groups is 1. The molecule has 0 saturated heterocycles. The normalized spacial score (nSPS) is 15.6. The summed E-state index contributed by atoms with van der Waals surface area (Å²) in [6.07, 6.45) is 1.99. The summed E-state index contributed by atoms with van der Waals surface area (Å²) in [4.78, 5) is 11.5. The molecule has 2 rings (SSSR count). The van der Waals surface area contributed by atoms with E-state index < -0.39 is 0 Å². The van der Waals surface area contributed by atoms with E-state index in [4.69, 9.17) is 10.9 Å². The lowest BCUT2D eigenvalue weighted by Gasteiger charge is -2.06. The Morgan fingerprint density at radius 1 is 1.53 bits per heavy atom. The Hall–Kier alpha value is -2.04. The van der Waals surface area contributed by atoms with Gasteiger partial charge in [0, 0.05) is 18.0 Å². The van der Waals surface area contributed by atoms with E-state index in [1.54, 1.807) is 12.1 Å². The van der Waals surface area contributed by atoms with Crippen LogP contribution in [0.1, 0.15) is 24.0 Å². The van der Waals surface area contributed by atoms with E-state index in [0.29, 0.717) is 12.1 Å². The Labute approximate surface area is 99.3 Å². The molecule has 1 aliphatic rings. The number of nitrogens with one attached hydrogen (secondary N) is 1. The van der Waals surface area contributed by atoms with E-state index in [9.17, 15) is 4.79 Å². The molecule has 1 amide bonds. The van der Waals surface area contributed by atoms with Crippen molar-refractivity contribution in [2.24, 2.45) is 16.8 Å². The minimum absolute atomic E-state index is 0.0698. The zero-order valence-corrected chi connectivity index (χ0v) is 9.39. The third kappa shape index (κ3) is 2.96. The van der Waals surface area contributed by atoms with E-state index in [0.717, 1.165) is 18.4 Å². The summed E-state index contributed by atoms with van der Waals surface area (Å²) in [5.74, 6) is 0.391. The van der Waals surface area contributed by atoms with Gasteiger partial charge in [-0.05, 0) is 24.5 Å². The number of hydrogen-bond donors (Lipinski definition) is 3. The maximum atomic E-state index is 11.5. The molecule has 4 N–H and O–H groups in total. The lowest BCUT2D eigenvalue weighted by atomic mass is 10.1. The van der Waals surface area contributed by atoms with Gasteiger partial charge in [-0.2, -0.15) is 0 Å². The number of oxime groups is 1. The predicted molar refractivity (Wildman–Crippen MR) is 63.5 cm³/mol. The number of rotatable bonds is 4. The number of amidine groups is 1. The average molecular weight is 233 g/mol. The topological polar surface area (TPSA) is 87.7 Å². The second kappa shape index (κ2) is 4.86. The highest BCUT2D eigenvalue weighted by atomic mass is 16.4. The molecule has 0 atom stereocenters. The van der Waals surface area contributed by atoms with Gasteiger partial charge in [0.05, 0.1) is 0 Å². The maximum Gasteiger partial charge on any atom is 0.223 e. The number of hydrogen-bond acceptors (Lipinski definition) is 3. The van der Waals surface area contributed by atoms with Crippen LogP contribution in [0, 0.1) is 5.92 Å². The first kappa shape index (κ1) is 11.4. The largest absolute Gasteiger partial charge is 0.409 e. The number of nitrogens with zero attached hydrogens (tertiary/aromatic N) is 1. The molecule has 1 aliphatic carbocycles. The molecule has 17 heavy (non-hydrogen) atoms. The van der Waals surface area contributed by atoms with Crippen molar-refractivity contribution in [3.63, 3.8) is 0 Å². The van der Waals surface area contributed by atoms with E-state index in [2.05, 4.69) is 10.5 Å². The van der Waals surface area contributed by atoms with E-state index in [-0.39, 0.29) is 17.7 Å². The van der Waals surface area contributed by atoms with Crippen LogP contribution in [0.2, 0.25) is 0 Å². The van der Waals surface area contributed by atoms with Gasteiger partial charge in [-0.3, -0.25) is 4.79 Å². The van der Waals surface area contributed by atoms with Gasteiger partial charge in [0.2, 0.25) is 5.91 Å². The van der Waals surface area contributed by atoms with Crippen LogP contribution in [0.15, 0.2) is 29.4 Å². The van der Waals surface area contributed by atoms with Crippen molar-refractivity contribution >= 4 is 11.7 Å². The van der Waals surface area contributed by atoms with Crippen molar-refractivity contribution in [3.8, 4) is 0 Å². The molecule has 0 aliphatic heterocycles. The number of carbonyl (C=O) groups excluding carboxylic acids is 1. The third-order valence-electron chi connectivity index (χ3n) is 2.75. The van der Waals surface area contributed by atoms with E-state index in [1.165, 1.54) is 0 Å². The quantitative estimate of drug-likeness (QED) is 0.311. The van der Waals surface area contributed by atoms with Crippen molar-refractivity contribution in [2.45, 2.75) is 19.4 Å². The van der Waals surface area contributed by atoms with Crippen molar-refractivity contribution in [2.75, 3.05) is 0 Å². The van der Waals surface area contributed by atoms with Crippen LogP contribution >= 0.6 is 0 Å². The van der Waals surface area contributed by atoms with Crippen LogP contribution in [0.3, 0.4) is 0 Å². The molecular formula is C12H15N3O2. The Kier molecular flexibility index (Phi) is 3.27. The monoisotopic (exact) mass is 233 g/mol. The van der Waals surface area contributed by atoms with Crippen molar-refractivity contribution in [1.82, 2.24) is 5.32 Å². The maximum absolute atomic E-state index is 11.5. The van der Waals surface area contributed by atoms with Crippen molar-refractivity contribution < 1.29 is 10.0 Å². The highest BCUT2D eigenvalue weighted by Gasteiger charge is 2.29. The SMILES string of the molecule is NC(=NO)c1cccc(CNC(=O)C2CC2)c1. The molecule has 5 nitrogen and oxygen atoms in total. The van der Waals surface area contributed by atoms with Crippen LogP contribution in [-0.4, -0.2) is 17.0 Å². The summed E-state index contributed by atoms with van der Waals surface area (Å²) >= 11 is 0. The van der Waals surface area contributed by atoms with Gasteiger partial charge in [-0.15, -0.1) is 0 Å². The fraction of sp³-hybridized carbons (Fsp3) is 0.333. The van der Waals surface area contributed by atoms with Gasteiger partial charge in [-0.1, -0.05) is 23.4 Å². The molecular weight excluding hydrogens is 218 g/mol. The number of nitrogens with two attached hydrogens (primary N) is 1. The Morgan fingerprint density at radius 3 is 2.94 bits per heavy atom. The molecule has 1 fully saturated rings. The lowest BCUT2D eigenvalue weighted by molar-refractivity contribution is -0.122. The van der Waals surface area contributed by atoms with Gasteiger partial charge in [-0.25, -0.2) is 0 Å². The van der Waals surface area contributed by atoms with Crippen molar-refractivity contribution in [3.05, 3.63) is 35.4 Å². The molecule has 90 valence electrons. The second-order valence-electron chi connectivity index (χ2n) is 4.18. The molecule has 0 unspecified atom stereocenters. The third-order valence-corrected chi connectivity index (χ3v) is 2.75. The molecule has 5 heteroatoms. The standard InChI is InChI=1S/C12H15N3O2/c13-11(15-17)10-3-1-2-8(6-10)7-14-12(16)9-4-5-9/h1-3,6,9,17H,4-5,7H2,(H2,13,15)(H,14,16). The first-order valence-electron chi connectivity index (χ1n) is 5.55. The lowest BCUT2D eigenvalue weighted by Crippen LogP contribution is -2.24. The minimum atomic E-state index is 0.0698. The first-order chi connectivity index (χ1) is 8.20. The Balaban J connectivity index is 1.98. The zero-order chi connectivity index (χ0) is 12.3. The first-order valence-corrected chi connectivity index (χ1v) is 5.55. The van der Waals surface area contributed by atoms with Crippen LogP contribution in [0.5, 0.6) is 0 Å². The number of amides is 1. The van der Waals surface area contributed by atoms with E-state index in [1.807, 2.05) is 12.1 Å². The predicted octanol–water partition coefficient (Wildman–Crippen LogP) is 0.807. The molecule has 1 saturated carbocycles. The molecule has 0 heterocycles. The van der Waals surface area contributed by atoms with Gasteiger partial charge in [0.25, 0.3) is 0 Å². The molecule has 1 aromatic rings. The molecule has 1 aromatic carbocycles. The van der Waals surface area contributed by atoms with Crippen LogP contribution in [0.25, 0.3) is 0 Å². The van der Waals surface area contributed by atoms with Gasteiger partial charge in [0.15, 0.2) is 5.84 Å². The fourth-order valence-corrected chi connectivity index (χ4v) is 1.58. The minimum Gasteiger partial charge on any atom is -0.409 e. The summed E-state index contributed by atoms with van der Waals surface area (Å²) in [6.45, 7) is 0.474. The summed E-state index contributed by atoms with van der Waals surface area (Å²) < 4.78 is 0. The van der Waals surface area contributed by atoms with Gasteiger partial charge in [0.1, 0.15) is 0 Å². The summed E-state index contributed by atoms with van der Waals surface area (Å²) in [6, 6.07) is 7.25. The molecule has 0 spiro atoms. The van der Waals surface area contributed by atoms with Crippen LogP contribution in [0.4, 0.5) is 0 Å². The fourth-order valence-electron chi connectivity index (χ4n) is 1.58. The molecule has 0 radical (unpaired) electrons. The smallest absolute Gasteiger partial charge is 0.223 e. The highest BCUT2D eigenvalue weighted by Crippen LogP contribution is 2.28.